The van der Waals surface area contributed by atoms with Crippen LogP contribution >= 0.6 is 11.6 Å². The predicted octanol–water partition coefficient (Wildman–Crippen LogP) is 3.28. The quantitative estimate of drug-likeness (QED) is 0.694. The molecule has 2 aromatic rings. The molecule has 0 atom stereocenters. The lowest BCUT2D eigenvalue weighted by atomic mass is 10.1. The summed E-state index contributed by atoms with van der Waals surface area (Å²) in [4.78, 5) is 28.0. The lowest BCUT2D eigenvalue weighted by Crippen LogP contribution is -2.50. The Labute approximate surface area is 169 Å². The van der Waals surface area contributed by atoms with Gasteiger partial charge in [-0.05, 0) is 43.3 Å². The Morgan fingerprint density at radius 2 is 1.79 bits per heavy atom. The van der Waals surface area contributed by atoms with E-state index >= 15 is 0 Å². The van der Waals surface area contributed by atoms with Gasteiger partial charge in [0.05, 0.1) is 7.11 Å². The molecule has 0 radical (unpaired) electrons. The van der Waals surface area contributed by atoms with Gasteiger partial charge in [0.25, 0.3) is 5.91 Å². The molecular formula is C21H23ClN2O4. The van der Waals surface area contributed by atoms with Gasteiger partial charge in [-0.15, -0.1) is 0 Å². The molecule has 3 rings (SSSR count). The number of methoxy groups -OCH3 is 1. The zero-order valence-corrected chi connectivity index (χ0v) is 16.7. The van der Waals surface area contributed by atoms with Crippen molar-refractivity contribution in [3.63, 3.8) is 0 Å². The van der Waals surface area contributed by atoms with Crippen molar-refractivity contribution in [3.8, 4) is 11.5 Å². The van der Waals surface area contributed by atoms with Gasteiger partial charge in [0.15, 0.2) is 23.9 Å². The molecule has 148 valence electrons. The van der Waals surface area contributed by atoms with Crippen LogP contribution in [0.4, 0.5) is 5.69 Å². The second-order valence-corrected chi connectivity index (χ2v) is 6.99. The Morgan fingerprint density at radius 1 is 1.04 bits per heavy atom. The number of piperazine rings is 1. The van der Waals surface area contributed by atoms with Crippen LogP contribution in [0.2, 0.25) is 5.02 Å². The Hall–Kier alpha value is -2.73. The van der Waals surface area contributed by atoms with Gasteiger partial charge in [-0.2, -0.15) is 0 Å². The molecule has 0 aromatic heterocycles. The zero-order chi connectivity index (χ0) is 20.1. The Kier molecular flexibility index (Phi) is 6.41. The summed E-state index contributed by atoms with van der Waals surface area (Å²) >= 11 is 6.06. The number of nitrogens with zero attached hydrogens (tertiary/aromatic N) is 2. The van der Waals surface area contributed by atoms with Crippen LogP contribution in [0.1, 0.15) is 17.3 Å². The van der Waals surface area contributed by atoms with Crippen molar-refractivity contribution in [2.75, 3.05) is 44.8 Å². The van der Waals surface area contributed by atoms with Gasteiger partial charge in [0.2, 0.25) is 0 Å². The van der Waals surface area contributed by atoms with Crippen LogP contribution in [0.3, 0.4) is 0 Å². The minimum atomic E-state index is -0.0801. The minimum Gasteiger partial charge on any atom is -0.493 e. The number of carbonyl (C=O) groups is 2. The highest BCUT2D eigenvalue weighted by Gasteiger charge is 2.22. The highest BCUT2D eigenvalue weighted by molar-refractivity contribution is 6.30. The molecule has 0 spiro atoms. The lowest BCUT2D eigenvalue weighted by Gasteiger charge is -2.36. The Balaban J connectivity index is 1.54. The summed E-state index contributed by atoms with van der Waals surface area (Å²) < 4.78 is 10.9. The van der Waals surface area contributed by atoms with Crippen molar-refractivity contribution < 1.29 is 19.1 Å². The maximum absolute atomic E-state index is 12.5. The summed E-state index contributed by atoms with van der Waals surface area (Å²) in [5.74, 6) is 0.742. The number of hydrogen-bond acceptors (Lipinski definition) is 5. The normalized spacial score (nSPS) is 14.0. The molecule has 28 heavy (non-hydrogen) atoms. The third kappa shape index (κ3) is 4.75. The summed E-state index contributed by atoms with van der Waals surface area (Å²) in [7, 11) is 1.50. The smallest absolute Gasteiger partial charge is 0.260 e. The molecule has 0 bridgehead atoms. The standard InChI is InChI=1S/C21H23ClN2O4/c1-15(25)16-6-7-19(20(12-16)27-2)28-14-21(26)24-10-8-23(9-11-24)18-5-3-4-17(22)13-18/h3-7,12-13H,8-11,14H2,1-2H3. The van der Waals surface area contributed by atoms with Crippen molar-refractivity contribution in [2.45, 2.75) is 6.92 Å². The van der Waals surface area contributed by atoms with Crippen molar-refractivity contribution in [2.24, 2.45) is 0 Å². The van der Waals surface area contributed by atoms with Crippen LogP contribution in [-0.2, 0) is 4.79 Å². The second-order valence-electron chi connectivity index (χ2n) is 6.56. The fourth-order valence-corrected chi connectivity index (χ4v) is 3.31. The number of benzene rings is 2. The fourth-order valence-electron chi connectivity index (χ4n) is 3.12. The van der Waals surface area contributed by atoms with Crippen molar-refractivity contribution in [1.29, 1.82) is 0 Å². The average molecular weight is 403 g/mol. The number of amides is 1. The summed E-state index contributed by atoms with van der Waals surface area (Å²) in [6.07, 6.45) is 0. The highest BCUT2D eigenvalue weighted by atomic mass is 35.5. The maximum Gasteiger partial charge on any atom is 0.260 e. The van der Waals surface area contributed by atoms with E-state index in [0.29, 0.717) is 35.2 Å². The van der Waals surface area contributed by atoms with E-state index in [1.54, 1.807) is 23.1 Å². The summed E-state index contributed by atoms with van der Waals surface area (Å²) in [6.45, 7) is 4.13. The molecule has 2 aromatic carbocycles. The number of ether oxygens (including phenoxy) is 2. The molecule has 7 heteroatoms. The minimum absolute atomic E-state index is 0.0569. The van der Waals surface area contributed by atoms with Crippen LogP contribution in [0.5, 0.6) is 11.5 Å². The molecule has 1 amide bonds. The van der Waals surface area contributed by atoms with E-state index < -0.39 is 0 Å². The molecule has 6 nitrogen and oxygen atoms in total. The molecule has 0 saturated carbocycles. The number of Topliss-reactive ketones (excluding diaryl/α,β-unsaturated/α-hetero) is 1. The maximum atomic E-state index is 12.5. The van der Waals surface area contributed by atoms with Crippen LogP contribution in [0.25, 0.3) is 0 Å². The van der Waals surface area contributed by atoms with E-state index in [0.717, 1.165) is 18.8 Å². The third-order valence-corrected chi connectivity index (χ3v) is 4.96. The van der Waals surface area contributed by atoms with Gasteiger partial charge < -0.3 is 19.3 Å². The first-order chi connectivity index (χ1) is 13.5. The molecule has 1 heterocycles. The summed E-state index contributed by atoms with van der Waals surface area (Å²) in [5.41, 5.74) is 1.60. The van der Waals surface area contributed by atoms with Gasteiger partial charge in [-0.25, -0.2) is 0 Å². The first-order valence-electron chi connectivity index (χ1n) is 9.08. The number of ketones is 1. The van der Waals surface area contributed by atoms with Crippen molar-refractivity contribution >= 4 is 29.0 Å². The van der Waals surface area contributed by atoms with Crippen molar-refractivity contribution in [1.82, 2.24) is 4.90 Å². The predicted molar refractivity (Wildman–Crippen MR) is 109 cm³/mol. The molecule has 0 unspecified atom stereocenters. The van der Waals surface area contributed by atoms with Crippen LogP contribution < -0.4 is 14.4 Å². The number of hydrogen-bond donors (Lipinski definition) is 0. The van der Waals surface area contributed by atoms with E-state index in [4.69, 9.17) is 21.1 Å². The van der Waals surface area contributed by atoms with Gasteiger partial charge in [-0.3, -0.25) is 9.59 Å². The first kappa shape index (κ1) is 20.0. The second kappa shape index (κ2) is 8.97. The van der Waals surface area contributed by atoms with E-state index in [2.05, 4.69) is 4.90 Å². The highest BCUT2D eigenvalue weighted by Crippen LogP contribution is 2.28. The monoisotopic (exact) mass is 402 g/mol. The molecular weight excluding hydrogens is 380 g/mol. The van der Waals surface area contributed by atoms with Gasteiger partial charge in [-0.1, -0.05) is 17.7 Å². The van der Waals surface area contributed by atoms with E-state index in [1.165, 1.54) is 14.0 Å². The zero-order valence-electron chi connectivity index (χ0n) is 16.0. The van der Waals surface area contributed by atoms with Crippen LogP contribution in [0, 0.1) is 0 Å². The third-order valence-electron chi connectivity index (χ3n) is 4.73. The number of anilines is 1. The topological polar surface area (TPSA) is 59.1 Å². The lowest BCUT2D eigenvalue weighted by molar-refractivity contribution is -0.133. The number of halogens is 1. The molecule has 1 saturated heterocycles. The average Bonchev–Trinajstić information content (AvgIpc) is 2.72. The SMILES string of the molecule is COc1cc(C(C)=O)ccc1OCC(=O)N1CCN(c2cccc(Cl)c2)CC1. The largest absolute Gasteiger partial charge is 0.493 e. The molecule has 1 fully saturated rings. The van der Waals surface area contributed by atoms with Gasteiger partial charge in [0.1, 0.15) is 0 Å². The fraction of sp³-hybridized carbons (Fsp3) is 0.333. The molecule has 0 N–H and O–H groups in total. The van der Waals surface area contributed by atoms with Gasteiger partial charge in [0, 0.05) is 42.5 Å². The van der Waals surface area contributed by atoms with E-state index in [9.17, 15) is 9.59 Å². The Morgan fingerprint density at radius 3 is 2.43 bits per heavy atom. The van der Waals surface area contributed by atoms with Crippen LogP contribution in [0.15, 0.2) is 42.5 Å². The molecule has 1 aliphatic rings. The van der Waals surface area contributed by atoms with E-state index in [1.807, 2.05) is 24.3 Å². The molecule has 0 aliphatic carbocycles. The Bertz CT molecular complexity index is 863. The number of carbonyl (C=O) groups excluding carboxylic acids is 2. The van der Waals surface area contributed by atoms with E-state index in [-0.39, 0.29) is 18.3 Å². The summed E-state index contributed by atoms with van der Waals surface area (Å²) in [5, 5.41) is 0.703. The summed E-state index contributed by atoms with van der Waals surface area (Å²) in [6, 6.07) is 12.6. The number of rotatable bonds is 6. The first-order valence-corrected chi connectivity index (χ1v) is 9.46. The molecule has 1 aliphatic heterocycles. The van der Waals surface area contributed by atoms with Crippen LogP contribution in [-0.4, -0.2) is 56.5 Å². The van der Waals surface area contributed by atoms with Crippen molar-refractivity contribution in [3.05, 3.63) is 53.1 Å². The van der Waals surface area contributed by atoms with Gasteiger partial charge >= 0.3 is 0 Å².